The molecule has 0 saturated carbocycles. The predicted molar refractivity (Wildman–Crippen MR) is 107 cm³/mol. The second kappa shape index (κ2) is 8.38. The third-order valence-corrected chi connectivity index (χ3v) is 4.56. The number of hydrogen-bond donors (Lipinski definition) is 4. The van der Waals surface area contributed by atoms with Crippen LogP contribution in [-0.2, 0) is 0 Å². The van der Waals surface area contributed by atoms with Crippen molar-refractivity contribution in [3.8, 4) is 0 Å². The molecule has 0 amide bonds. The van der Waals surface area contributed by atoms with Crippen LogP contribution in [-0.4, -0.2) is 49.7 Å². The Morgan fingerprint density at radius 2 is 1.30 bits per heavy atom. The van der Waals surface area contributed by atoms with E-state index in [9.17, 15) is 34.8 Å². The number of carbonyl (C=O) groups excluding carboxylic acids is 3. The van der Waals surface area contributed by atoms with Gasteiger partial charge >= 0.3 is 0 Å². The predicted octanol–water partition coefficient (Wildman–Crippen LogP) is 1.91. The summed E-state index contributed by atoms with van der Waals surface area (Å²) in [5, 5.41) is 37.7. The Morgan fingerprint density at radius 3 is 1.83 bits per heavy atom. The molecule has 0 radical (unpaired) electrons. The van der Waals surface area contributed by atoms with Gasteiger partial charge in [0.25, 0.3) is 0 Å². The number of rotatable bonds is 2. The molecule has 30 heavy (non-hydrogen) atoms. The van der Waals surface area contributed by atoms with Crippen LogP contribution in [0.4, 0.5) is 0 Å². The molecule has 0 fully saturated rings. The molecule has 1 atom stereocenters. The van der Waals surface area contributed by atoms with Gasteiger partial charge in [-0.15, -0.1) is 0 Å². The number of fused-ring (bicyclic) bond motifs is 1. The van der Waals surface area contributed by atoms with E-state index >= 15 is 0 Å². The normalized spacial score (nSPS) is 19.1. The summed E-state index contributed by atoms with van der Waals surface area (Å²) < 4.78 is 0. The summed E-state index contributed by atoms with van der Waals surface area (Å²) in [6.45, 7) is 0. The van der Waals surface area contributed by atoms with Gasteiger partial charge < -0.3 is 20.4 Å². The first-order valence-corrected chi connectivity index (χ1v) is 8.93. The summed E-state index contributed by atoms with van der Waals surface area (Å²) in [6, 6.07) is 15.0. The fourth-order valence-corrected chi connectivity index (χ4v) is 2.91. The van der Waals surface area contributed by atoms with Crippen molar-refractivity contribution in [2.24, 2.45) is 0 Å². The SMILES string of the molecule is O=C(C1=C(O)C(O)C(O)(O)C=C1)c1ccccc1.O=C1C=CC(=O)c2ccccc21. The highest BCUT2D eigenvalue weighted by molar-refractivity contribution is 6.21. The van der Waals surface area contributed by atoms with Crippen molar-refractivity contribution in [2.75, 3.05) is 0 Å². The summed E-state index contributed by atoms with van der Waals surface area (Å²) in [7, 11) is 0. The van der Waals surface area contributed by atoms with Gasteiger partial charge in [-0.2, -0.15) is 0 Å². The van der Waals surface area contributed by atoms with E-state index in [1.807, 2.05) is 0 Å². The lowest BCUT2D eigenvalue weighted by molar-refractivity contribution is -0.186. The number of aliphatic hydroxyl groups excluding tert-OH is 2. The summed E-state index contributed by atoms with van der Waals surface area (Å²) in [5.74, 6) is -4.00. The zero-order valence-corrected chi connectivity index (χ0v) is 15.6. The van der Waals surface area contributed by atoms with E-state index < -0.39 is 23.4 Å². The topological polar surface area (TPSA) is 132 Å². The van der Waals surface area contributed by atoms with Crippen molar-refractivity contribution < 1.29 is 34.8 Å². The Kier molecular flexibility index (Phi) is 5.89. The molecule has 0 spiro atoms. The maximum atomic E-state index is 12.0. The zero-order valence-electron chi connectivity index (χ0n) is 15.6. The van der Waals surface area contributed by atoms with Crippen LogP contribution in [0.5, 0.6) is 0 Å². The van der Waals surface area contributed by atoms with E-state index in [1.54, 1.807) is 54.6 Å². The Hall–Kier alpha value is -3.65. The van der Waals surface area contributed by atoms with Crippen LogP contribution in [0, 0.1) is 0 Å². The highest BCUT2D eigenvalue weighted by Crippen LogP contribution is 2.26. The molecule has 0 aliphatic heterocycles. The zero-order chi connectivity index (χ0) is 21.9. The third-order valence-electron chi connectivity index (χ3n) is 4.56. The standard InChI is InChI=1S/C13H12O5.C10H6O2/c14-10(8-4-2-1-3-5-8)9-6-7-13(17,18)12(16)11(9)15;11-9-5-6-10(12)8-4-2-1-3-7(8)9/h1-7,12,15-18H;1-6H. The molecule has 2 aromatic rings. The van der Waals surface area contributed by atoms with Gasteiger partial charge in [0.1, 0.15) is 5.76 Å². The van der Waals surface area contributed by atoms with Gasteiger partial charge in [-0.05, 0) is 24.3 Å². The molecular formula is C23H18O7. The molecule has 2 aromatic carbocycles. The van der Waals surface area contributed by atoms with Crippen LogP contribution in [0.2, 0.25) is 0 Å². The van der Waals surface area contributed by atoms with E-state index in [2.05, 4.69) is 0 Å². The first-order valence-electron chi connectivity index (χ1n) is 8.93. The number of carbonyl (C=O) groups is 3. The number of allylic oxidation sites excluding steroid dienone is 4. The van der Waals surface area contributed by atoms with Crippen molar-refractivity contribution in [3.63, 3.8) is 0 Å². The smallest absolute Gasteiger partial charge is 0.217 e. The quantitative estimate of drug-likeness (QED) is 0.442. The highest BCUT2D eigenvalue weighted by atomic mass is 16.5. The van der Waals surface area contributed by atoms with Crippen LogP contribution in [0.25, 0.3) is 0 Å². The number of ketones is 3. The summed E-state index contributed by atoms with van der Waals surface area (Å²) in [4.78, 5) is 34.4. The van der Waals surface area contributed by atoms with Crippen LogP contribution < -0.4 is 0 Å². The van der Waals surface area contributed by atoms with E-state index in [4.69, 9.17) is 0 Å². The lowest BCUT2D eigenvalue weighted by Crippen LogP contribution is -2.44. The minimum atomic E-state index is -2.56. The average molecular weight is 406 g/mol. The van der Waals surface area contributed by atoms with Gasteiger partial charge in [0.2, 0.25) is 5.79 Å². The Labute approximate surface area is 171 Å². The fourth-order valence-electron chi connectivity index (χ4n) is 2.91. The summed E-state index contributed by atoms with van der Waals surface area (Å²) in [5.41, 5.74) is 1.18. The van der Waals surface area contributed by atoms with E-state index in [0.29, 0.717) is 16.7 Å². The van der Waals surface area contributed by atoms with Gasteiger partial charge in [-0.25, -0.2) is 0 Å². The fraction of sp³-hybridized carbons (Fsp3) is 0.0870. The molecule has 2 aliphatic carbocycles. The molecule has 2 aliphatic rings. The maximum absolute atomic E-state index is 12.0. The molecule has 0 heterocycles. The molecular weight excluding hydrogens is 388 g/mol. The molecule has 152 valence electrons. The first kappa shape index (κ1) is 21.1. The molecule has 7 nitrogen and oxygen atoms in total. The Balaban J connectivity index is 0.000000184. The second-order valence-electron chi connectivity index (χ2n) is 6.62. The number of aliphatic hydroxyl groups is 4. The highest BCUT2D eigenvalue weighted by Gasteiger charge is 2.39. The van der Waals surface area contributed by atoms with E-state index in [-0.39, 0.29) is 17.1 Å². The van der Waals surface area contributed by atoms with Crippen molar-refractivity contribution >= 4 is 17.3 Å². The minimum absolute atomic E-state index is 0.0924. The number of benzene rings is 2. The van der Waals surface area contributed by atoms with Crippen molar-refractivity contribution in [1.82, 2.24) is 0 Å². The average Bonchev–Trinajstić information content (AvgIpc) is 2.76. The van der Waals surface area contributed by atoms with Crippen molar-refractivity contribution in [2.45, 2.75) is 11.9 Å². The molecule has 4 rings (SSSR count). The molecule has 0 bridgehead atoms. The van der Waals surface area contributed by atoms with E-state index in [0.717, 1.165) is 12.2 Å². The molecule has 7 heteroatoms. The first-order chi connectivity index (χ1) is 14.2. The number of Topliss-reactive ketones (excluding diaryl/α,β-unsaturated/α-hetero) is 1. The second-order valence-corrected chi connectivity index (χ2v) is 6.62. The lowest BCUT2D eigenvalue weighted by Gasteiger charge is -2.27. The van der Waals surface area contributed by atoms with Crippen LogP contribution in [0.15, 0.2) is 90.2 Å². The third kappa shape index (κ3) is 4.18. The van der Waals surface area contributed by atoms with Gasteiger partial charge in [-0.3, -0.25) is 14.4 Å². The summed E-state index contributed by atoms with van der Waals surface area (Å²) >= 11 is 0. The van der Waals surface area contributed by atoms with Crippen molar-refractivity contribution in [1.29, 1.82) is 0 Å². The van der Waals surface area contributed by atoms with Crippen LogP contribution in [0.3, 0.4) is 0 Å². The number of hydrogen-bond acceptors (Lipinski definition) is 7. The van der Waals surface area contributed by atoms with Gasteiger partial charge in [0, 0.05) is 16.7 Å². The summed E-state index contributed by atoms with van der Waals surface area (Å²) in [6.07, 6.45) is 2.62. The van der Waals surface area contributed by atoms with Crippen LogP contribution in [0.1, 0.15) is 31.1 Å². The van der Waals surface area contributed by atoms with Gasteiger partial charge in [0.15, 0.2) is 23.5 Å². The molecule has 0 saturated heterocycles. The molecule has 4 N–H and O–H groups in total. The Bertz CT molecular complexity index is 1050. The monoisotopic (exact) mass is 406 g/mol. The largest absolute Gasteiger partial charge is 0.509 e. The Morgan fingerprint density at radius 1 is 0.800 bits per heavy atom. The van der Waals surface area contributed by atoms with Gasteiger partial charge in [0.05, 0.1) is 5.57 Å². The minimum Gasteiger partial charge on any atom is -0.509 e. The van der Waals surface area contributed by atoms with Gasteiger partial charge in [-0.1, -0.05) is 54.6 Å². The van der Waals surface area contributed by atoms with Crippen molar-refractivity contribution in [3.05, 3.63) is 107 Å². The molecule has 0 aromatic heterocycles. The lowest BCUT2D eigenvalue weighted by atomic mass is 9.92. The van der Waals surface area contributed by atoms with Crippen LogP contribution >= 0.6 is 0 Å². The maximum Gasteiger partial charge on any atom is 0.217 e. The molecule has 1 unspecified atom stereocenters. The van der Waals surface area contributed by atoms with E-state index in [1.165, 1.54) is 12.2 Å².